The van der Waals surface area contributed by atoms with Gasteiger partial charge in [0.25, 0.3) is 5.56 Å². The molecule has 2 aromatic rings. The molecule has 10 heteroatoms. The van der Waals surface area contributed by atoms with Crippen molar-refractivity contribution in [1.29, 1.82) is 0 Å². The highest BCUT2D eigenvalue weighted by Crippen LogP contribution is 2.16. The van der Waals surface area contributed by atoms with Crippen molar-refractivity contribution < 1.29 is 9.90 Å². The first-order valence-electron chi connectivity index (χ1n) is 5.83. The maximum atomic E-state index is 11.9. The number of aromatic amines is 1. The van der Waals surface area contributed by atoms with Crippen molar-refractivity contribution in [1.82, 2.24) is 15.0 Å². The number of nitrogens with two attached hydrogens (primary N) is 1. The largest absolute Gasteiger partial charge is 0.493 e. The van der Waals surface area contributed by atoms with E-state index in [2.05, 4.69) is 32.7 Å². The summed E-state index contributed by atoms with van der Waals surface area (Å²) in [6.07, 6.45) is 0.890. The van der Waals surface area contributed by atoms with Crippen LogP contribution in [0.2, 0.25) is 0 Å². The summed E-state index contributed by atoms with van der Waals surface area (Å²) in [7, 11) is 0. The van der Waals surface area contributed by atoms with Crippen molar-refractivity contribution >= 4 is 34.8 Å². The van der Waals surface area contributed by atoms with Crippen molar-refractivity contribution in [2.45, 2.75) is 0 Å². The summed E-state index contributed by atoms with van der Waals surface area (Å²) in [6.45, 7) is 0. The Morgan fingerprint density at radius 1 is 1.36 bits per heavy atom. The molecule has 0 saturated heterocycles. The van der Waals surface area contributed by atoms with Crippen LogP contribution < -0.4 is 22.4 Å². The third-order valence-corrected chi connectivity index (χ3v) is 3.29. The number of H-pyrrole nitrogens is 1. The zero-order valence-corrected chi connectivity index (χ0v) is 13.1. The number of nitrogens with one attached hydrogen (secondary N) is 2. The quantitative estimate of drug-likeness (QED) is 0.314. The minimum Gasteiger partial charge on any atom is -0.493 e. The number of hydrogen-bond donors (Lipinski definition) is 4. The highest BCUT2D eigenvalue weighted by molar-refractivity contribution is 14.1. The summed E-state index contributed by atoms with van der Waals surface area (Å²) >= 11 is 2.09. The third kappa shape index (κ3) is 3.33. The molecule has 1 aromatic heterocycles. The van der Waals surface area contributed by atoms with Crippen molar-refractivity contribution in [2.75, 3.05) is 0 Å². The van der Waals surface area contributed by atoms with E-state index in [1.807, 2.05) is 5.43 Å². The summed E-state index contributed by atoms with van der Waals surface area (Å²) in [4.78, 5) is 36.2. The van der Waals surface area contributed by atoms with Crippen molar-refractivity contribution in [3.63, 3.8) is 0 Å². The van der Waals surface area contributed by atoms with Gasteiger partial charge >= 0.3 is 11.7 Å². The Bertz CT molecular complexity index is 853. The fraction of sp³-hybridized carbons (Fsp3) is 0. The average molecular weight is 415 g/mol. The van der Waals surface area contributed by atoms with Crippen LogP contribution in [-0.2, 0) is 0 Å². The van der Waals surface area contributed by atoms with Crippen LogP contribution in [0.4, 0.5) is 4.79 Å². The monoisotopic (exact) mass is 415 g/mol. The molecule has 5 N–H and O–H groups in total. The van der Waals surface area contributed by atoms with Gasteiger partial charge in [-0.05, 0) is 46.9 Å². The fourth-order valence-corrected chi connectivity index (χ4v) is 2.00. The van der Waals surface area contributed by atoms with Gasteiger partial charge in [-0.1, -0.05) is 0 Å². The molecule has 0 bridgehead atoms. The molecule has 22 heavy (non-hydrogen) atoms. The lowest BCUT2D eigenvalue weighted by molar-refractivity contribution is 0.249. The Morgan fingerprint density at radius 2 is 2.00 bits per heavy atom. The maximum absolute atomic E-state index is 11.9. The Labute approximate surface area is 136 Å². The number of hydrazone groups is 1. The van der Waals surface area contributed by atoms with E-state index in [1.54, 1.807) is 24.3 Å². The van der Waals surface area contributed by atoms with Crippen LogP contribution in [0.15, 0.2) is 39.0 Å². The molecular weight excluding hydrogens is 405 g/mol. The number of benzene rings is 1. The first-order valence-corrected chi connectivity index (χ1v) is 6.91. The van der Waals surface area contributed by atoms with Gasteiger partial charge in [-0.3, -0.25) is 9.78 Å². The second kappa shape index (κ2) is 6.43. The molecule has 2 rings (SSSR count). The van der Waals surface area contributed by atoms with Crippen molar-refractivity contribution in [3.05, 3.63) is 54.2 Å². The lowest BCUT2D eigenvalue weighted by Crippen LogP contribution is -2.32. The van der Waals surface area contributed by atoms with E-state index in [0.29, 0.717) is 5.69 Å². The molecule has 0 atom stereocenters. The second-order valence-electron chi connectivity index (χ2n) is 4.04. The molecule has 0 aliphatic carbocycles. The van der Waals surface area contributed by atoms with Crippen LogP contribution in [-0.4, -0.2) is 26.9 Å². The van der Waals surface area contributed by atoms with Crippen LogP contribution in [0.3, 0.4) is 0 Å². The number of carbonyl (C=O) groups is 1. The van der Waals surface area contributed by atoms with Gasteiger partial charge in [-0.2, -0.15) is 5.10 Å². The Hall–Kier alpha value is -2.63. The number of nitrogens with zero attached hydrogens (tertiary/aromatic N) is 2. The molecular formula is C12H10IN5O4. The maximum Gasteiger partial charge on any atom is 0.335 e. The Balaban J connectivity index is 2.58. The predicted octanol–water partition coefficient (Wildman–Crippen LogP) is -0.162. The standard InChI is InChI=1S/C12H10IN5O4/c13-6-1-3-7(4-2-6)18-10(20)8(5-15-17-11(14)21)9(19)16-12(18)22/h1-5,20H,(H3,14,17,21)(H,16,19,22)/b15-5+. The number of aromatic nitrogens is 2. The van der Waals surface area contributed by atoms with E-state index >= 15 is 0 Å². The molecule has 0 radical (unpaired) electrons. The lowest BCUT2D eigenvalue weighted by atomic mass is 10.3. The molecule has 0 unspecified atom stereocenters. The highest BCUT2D eigenvalue weighted by Gasteiger charge is 2.14. The Morgan fingerprint density at radius 3 is 2.59 bits per heavy atom. The minimum atomic E-state index is -0.932. The summed E-state index contributed by atoms with van der Waals surface area (Å²) in [6, 6.07) is 5.73. The number of hydrogen-bond acceptors (Lipinski definition) is 5. The van der Waals surface area contributed by atoms with Gasteiger partial charge in [0.1, 0.15) is 5.56 Å². The second-order valence-corrected chi connectivity index (χ2v) is 5.29. The van der Waals surface area contributed by atoms with Gasteiger partial charge in [-0.15, -0.1) is 0 Å². The zero-order valence-electron chi connectivity index (χ0n) is 10.9. The summed E-state index contributed by atoms with van der Waals surface area (Å²) in [5.41, 5.74) is 5.12. The van der Waals surface area contributed by atoms with E-state index in [0.717, 1.165) is 14.4 Å². The van der Waals surface area contributed by atoms with E-state index in [1.165, 1.54) is 0 Å². The van der Waals surface area contributed by atoms with Crippen molar-refractivity contribution in [3.8, 4) is 11.6 Å². The molecule has 1 heterocycles. The third-order valence-electron chi connectivity index (χ3n) is 2.57. The minimum absolute atomic E-state index is 0.299. The van der Waals surface area contributed by atoms with Gasteiger partial charge in [-0.25, -0.2) is 19.6 Å². The number of urea groups is 1. The van der Waals surface area contributed by atoms with Crippen molar-refractivity contribution in [2.24, 2.45) is 10.8 Å². The highest BCUT2D eigenvalue weighted by atomic mass is 127. The van der Waals surface area contributed by atoms with E-state index in [-0.39, 0.29) is 5.56 Å². The first kappa shape index (κ1) is 15.8. The smallest absolute Gasteiger partial charge is 0.335 e. The fourth-order valence-electron chi connectivity index (χ4n) is 1.65. The SMILES string of the molecule is NC(=O)N/N=C/c1c(O)n(-c2ccc(I)cc2)c(=O)[nH]c1=O. The van der Waals surface area contributed by atoms with Crippen LogP contribution in [0.5, 0.6) is 5.88 Å². The summed E-state index contributed by atoms with van der Waals surface area (Å²) in [5.74, 6) is -0.607. The number of carbonyl (C=O) groups excluding carboxylic acids is 1. The van der Waals surface area contributed by atoms with Gasteiger partial charge in [0.05, 0.1) is 11.9 Å². The van der Waals surface area contributed by atoms with Crippen LogP contribution in [0, 0.1) is 3.57 Å². The van der Waals surface area contributed by atoms with E-state index < -0.39 is 23.2 Å². The number of rotatable bonds is 3. The topological polar surface area (TPSA) is 143 Å². The molecule has 9 nitrogen and oxygen atoms in total. The molecule has 0 saturated carbocycles. The van der Waals surface area contributed by atoms with E-state index in [4.69, 9.17) is 5.73 Å². The zero-order chi connectivity index (χ0) is 16.3. The van der Waals surface area contributed by atoms with Gasteiger partial charge in [0.2, 0.25) is 5.88 Å². The number of halogens is 1. The predicted molar refractivity (Wildman–Crippen MR) is 87.4 cm³/mol. The average Bonchev–Trinajstić information content (AvgIpc) is 2.44. The number of amides is 2. The normalized spacial score (nSPS) is 10.8. The van der Waals surface area contributed by atoms with Gasteiger partial charge in [0.15, 0.2) is 0 Å². The van der Waals surface area contributed by atoms with Gasteiger partial charge < -0.3 is 10.8 Å². The Kier molecular flexibility index (Phi) is 4.60. The van der Waals surface area contributed by atoms with Crippen LogP contribution in [0.25, 0.3) is 5.69 Å². The van der Waals surface area contributed by atoms with Crippen LogP contribution >= 0.6 is 22.6 Å². The van der Waals surface area contributed by atoms with Crippen LogP contribution in [0.1, 0.15) is 5.56 Å². The number of aromatic hydroxyl groups is 1. The summed E-state index contributed by atoms with van der Waals surface area (Å²) in [5, 5.41) is 13.5. The molecule has 1 aromatic carbocycles. The molecule has 0 aliphatic rings. The molecule has 0 fully saturated rings. The molecule has 114 valence electrons. The number of primary amides is 1. The van der Waals surface area contributed by atoms with E-state index in [9.17, 15) is 19.5 Å². The summed E-state index contributed by atoms with van der Waals surface area (Å²) < 4.78 is 1.84. The lowest BCUT2D eigenvalue weighted by Gasteiger charge is -2.09. The van der Waals surface area contributed by atoms with Gasteiger partial charge in [0, 0.05) is 3.57 Å². The molecule has 0 aliphatic heterocycles. The molecule has 0 spiro atoms. The first-order chi connectivity index (χ1) is 10.4. The molecule has 2 amide bonds.